The Morgan fingerprint density at radius 2 is 1.81 bits per heavy atom. The molecule has 0 aliphatic carbocycles. The molecule has 6 nitrogen and oxygen atoms in total. The van der Waals surface area contributed by atoms with Crippen molar-refractivity contribution >= 4 is 28.2 Å². The maximum Gasteiger partial charge on any atom is 0.231 e. The molecule has 3 aromatic heterocycles. The lowest BCUT2D eigenvalue weighted by atomic mass is 10.1. The first kappa shape index (κ1) is 19.1. The van der Waals surface area contributed by atoms with E-state index >= 15 is 0 Å². The summed E-state index contributed by atoms with van der Waals surface area (Å²) < 4.78 is 6.02. The lowest BCUT2D eigenvalue weighted by Crippen LogP contribution is -2.06. The van der Waals surface area contributed by atoms with Gasteiger partial charge in [0.1, 0.15) is 23.5 Å². The molecule has 0 spiro atoms. The summed E-state index contributed by atoms with van der Waals surface area (Å²) in [6.45, 7) is 0. The molecule has 0 atom stereocenters. The Morgan fingerprint density at radius 3 is 2.58 bits per heavy atom. The number of fused-ring (bicyclic) bond motifs is 1. The second kappa shape index (κ2) is 8.49. The summed E-state index contributed by atoms with van der Waals surface area (Å²) in [5, 5.41) is 3.54. The molecule has 0 aliphatic heterocycles. The first-order valence-corrected chi connectivity index (χ1v) is 10.7. The van der Waals surface area contributed by atoms with Crippen LogP contribution >= 0.6 is 11.3 Å². The van der Waals surface area contributed by atoms with Crippen molar-refractivity contribution < 1.29 is 9.53 Å². The number of rotatable bonds is 7. The Morgan fingerprint density at radius 1 is 0.968 bits per heavy atom. The highest BCUT2D eigenvalue weighted by Gasteiger charge is 2.12. The minimum Gasteiger partial charge on any atom is -0.438 e. The number of carbonyl (C=O) groups is 1. The fourth-order valence-corrected chi connectivity index (χ4v) is 4.00. The van der Waals surface area contributed by atoms with Gasteiger partial charge in [0.05, 0.1) is 16.8 Å². The highest BCUT2D eigenvalue weighted by atomic mass is 32.1. The number of hydrogen-bond donors (Lipinski definition) is 1. The van der Waals surface area contributed by atoms with Crippen LogP contribution in [0.25, 0.3) is 22.3 Å². The van der Waals surface area contributed by atoms with E-state index in [1.54, 1.807) is 6.20 Å². The van der Waals surface area contributed by atoms with Crippen molar-refractivity contribution in [2.75, 3.05) is 0 Å². The van der Waals surface area contributed by atoms with Gasteiger partial charge in [-0.2, -0.15) is 0 Å². The molecule has 0 unspecified atom stereocenters. The second-order valence-corrected chi connectivity index (χ2v) is 8.03. The van der Waals surface area contributed by atoms with Crippen LogP contribution < -0.4 is 4.74 Å². The van der Waals surface area contributed by atoms with E-state index in [-0.39, 0.29) is 5.78 Å². The number of aromatic nitrogens is 4. The van der Waals surface area contributed by atoms with Gasteiger partial charge in [0.25, 0.3) is 0 Å². The Labute approximate surface area is 182 Å². The molecular weight excluding hydrogens is 408 g/mol. The highest BCUT2D eigenvalue weighted by molar-refractivity contribution is 7.09. The van der Waals surface area contributed by atoms with E-state index < -0.39 is 0 Å². The smallest absolute Gasteiger partial charge is 0.231 e. The van der Waals surface area contributed by atoms with Gasteiger partial charge < -0.3 is 9.72 Å². The van der Waals surface area contributed by atoms with Crippen LogP contribution in [0.15, 0.2) is 78.6 Å². The van der Waals surface area contributed by atoms with Gasteiger partial charge in [-0.1, -0.05) is 42.5 Å². The number of H-pyrrole nitrogens is 1. The summed E-state index contributed by atoms with van der Waals surface area (Å²) in [5.41, 5.74) is 3.68. The van der Waals surface area contributed by atoms with E-state index in [1.807, 2.05) is 66.0 Å². The molecule has 0 radical (unpaired) electrons. The summed E-state index contributed by atoms with van der Waals surface area (Å²) in [4.78, 5) is 28.3. The zero-order valence-electron chi connectivity index (χ0n) is 16.5. The van der Waals surface area contributed by atoms with Gasteiger partial charge in [0.2, 0.25) is 5.88 Å². The second-order valence-electron chi connectivity index (χ2n) is 7.05. The molecule has 0 bridgehead atoms. The average molecular weight is 427 g/mol. The summed E-state index contributed by atoms with van der Waals surface area (Å²) in [6.07, 6.45) is 3.94. The molecule has 0 saturated heterocycles. The first-order valence-electron chi connectivity index (χ1n) is 9.80. The molecule has 0 aliphatic rings. The zero-order valence-corrected chi connectivity index (χ0v) is 17.3. The van der Waals surface area contributed by atoms with Gasteiger partial charge in [-0.15, -0.1) is 11.3 Å². The van der Waals surface area contributed by atoms with Gasteiger partial charge in [-0.05, 0) is 29.3 Å². The quantitative estimate of drug-likeness (QED) is 0.385. The van der Waals surface area contributed by atoms with Gasteiger partial charge in [-0.25, -0.2) is 15.0 Å². The lowest BCUT2D eigenvalue weighted by molar-refractivity contribution is -0.117. The van der Waals surface area contributed by atoms with E-state index in [9.17, 15) is 4.79 Å². The van der Waals surface area contributed by atoms with E-state index in [0.29, 0.717) is 30.1 Å². The van der Waals surface area contributed by atoms with Crippen LogP contribution in [0.5, 0.6) is 11.6 Å². The minimum atomic E-state index is 0.141. The summed E-state index contributed by atoms with van der Waals surface area (Å²) in [7, 11) is 0. The lowest BCUT2D eigenvalue weighted by Gasteiger charge is -2.06. The molecule has 2 aromatic carbocycles. The Bertz CT molecular complexity index is 1310. The highest BCUT2D eigenvalue weighted by Crippen LogP contribution is 2.30. The number of aromatic amines is 1. The first-order chi connectivity index (χ1) is 15.2. The number of carbonyl (C=O) groups excluding carboxylic acids is 1. The number of hydrogen-bond acceptors (Lipinski definition) is 6. The van der Waals surface area contributed by atoms with Crippen molar-refractivity contribution in [1.29, 1.82) is 0 Å². The molecule has 3 heterocycles. The van der Waals surface area contributed by atoms with E-state index in [2.05, 4.69) is 19.9 Å². The number of ether oxygens (including phenoxy) is 1. The summed E-state index contributed by atoms with van der Waals surface area (Å²) in [6, 6.07) is 19.5. The molecule has 7 heteroatoms. The number of Topliss-reactive ketones (excluding diaryl/α,β-unsaturated/α-hetero) is 1. The van der Waals surface area contributed by atoms with Crippen LogP contribution in [0.2, 0.25) is 0 Å². The van der Waals surface area contributed by atoms with E-state index in [0.717, 1.165) is 27.2 Å². The third-order valence-electron chi connectivity index (χ3n) is 4.84. The summed E-state index contributed by atoms with van der Waals surface area (Å²) in [5.74, 6) is 1.27. The number of nitrogens with one attached hydrogen (secondary N) is 1. The Balaban J connectivity index is 1.31. The number of ketones is 1. The largest absolute Gasteiger partial charge is 0.438 e. The van der Waals surface area contributed by atoms with Crippen molar-refractivity contribution in [1.82, 2.24) is 19.9 Å². The fraction of sp³-hybridized carbons (Fsp3) is 0.0833. The molecule has 1 N–H and O–H groups in total. The summed E-state index contributed by atoms with van der Waals surface area (Å²) >= 11 is 1.50. The van der Waals surface area contributed by atoms with Crippen LogP contribution in [0, 0.1) is 0 Å². The van der Waals surface area contributed by atoms with Crippen molar-refractivity contribution in [2.24, 2.45) is 0 Å². The molecule has 0 saturated carbocycles. The number of benzene rings is 2. The molecule has 0 fully saturated rings. The van der Waals surface area contributed by atoms with Crippen molar-refractivity contribution in [3.05, 3.63) is 89.1 Å². The number of thiazole rings is 1. The average Bonchev–Trinajstić information content (AvgIpc) is 3.46. The fourth-order valence-electron chi connectivity index (χ4n) is 3.36. The van der Waals surface area contributed by atoms with Gasteiger partial charge >= 0.3 is 0 Å². The normalized spacial score (nSPS) is 11.0. The SMILES string of the molecule is O=C(Cc1ccc(Oc2ncnc3[nH]c(-c4ccccc4)cc23)cc1)Cc1nccs1. The maximum absolute atomic E-state index is 12.2. The third-order valence-corrected chi connectivity index (χ3v) is 5.62. The minimum absolute atomic E-state index is 0.141. The number of nitrogens with zero attached hydrogens (tertiary/aromatic N) is 3. The van der Waals surface area contributed by atoms with Crippen LogP contribution in [-0.4, -0.2) is 25.7 Å². The van der Waals surface area contributed by atoms with Gasteiger partial charge in [-0.3, -0.25) is 4.79 Å². The van der Waals surface area contributed by atoms with Crippen LogP contribution in [0.3, 0.4) is 0 Å². The molecular formula is C24H18N4O2S. The molecule has 5 rings (SSSR count). The molecule has 31 heavy (non-hydrogen) atoms. The third kappa shape index (κ3) is 4.36. The van der Waals surface area contributed by atoms with Crippen molar-refractivity contribution in [2.45, 2.75) is 12.8 Å². The van der Waals surface area contributed by atoms with Crippen LogP contribution in [-0.2, 0) is 17.6 Å². The monoisotopic (exact) mass is 426 g/mol. The van der Waals surface area contributed by atoms with Gasteiger partial charge in [0.15, 0.2) is 0 Å². The maximum atomic E-state index is 12.2. The van der Waals surface area contributed by atoms with E-state index in [4.69, 9.17) is 4.74 Å². The molecule has 152 valence electrons. The van der Waals surface area contributed by atoms with Crippen molar-refractivity contribution in [3.8, 4) is 22.9 Å². The predicted octanol–water partition coefficient (Wildman–Crippen LogP) is 5.23. The Kier molecular flexibility index (Phi) is 5.24. The van der Waals surface area contributed by atoms with Gasteiger partial charge in [0, 0.05) is 23.7 Å². The van der Waals surface area contributed by atoms with Crippen molar-refractivity contribution in [3.63, 3.8) is 0 Å². The Hall–Kier alpha value is -3.84. The van der Waals surface area contributed by atoms with Crippen LogP contribution in [0.1, 0.15) is 10.6 Å². The molecule has 5 aromatic rings. The standard InChI is InChI=1S/C24H18N4O2S/c29-18(13-22-25-10-11-31-22)12-16-6-8-19(9-7-16)30-24-20-14-21(17-4-2-1-3-5-17)28-23(20)26-15-27-24/h1-11,14-15H,12-13H2,(H,26,27,28). The topological polar surface area (TPSA) is 80.8 Å². The zero-order chi connectivity index (χ0) is 21.0. The van der Waals surface area contributed by atoms with E-state index in [1.165, 1.54) is 17.7 Å². The molecule has 0 amide bonds. The van der Waals surface area contributed by atoms with Crippen LogP contribution in [0.4, 0.5) is 0 Å². The predicted molar refractivity (Wildman–Crippen MR) is 120 cm³/mol.